The molecule has 2 aliphatic heterocycles. The molecule has 0 aliphatic carbocycles. The monoisotopic (exact) mass is 570 g/mol. The average molecular weight is 571 g/mol. The smallest absolute Gasteiger partial charge is 0.507 e. The summed E-state index contributed by atoms with van der Waals surface area (Å²) in [6.45, 7) is 2.98. The van der Waals surface area contributed by atoms with Crippen LogP contribution in [0.5, 0.6) is 11.5 Å². The number of phosphoric ester groups is 1. The van der Waals surface area contributed by atoms with Crippen molar-refractivity contribution in [3.8, 4) is 11.5 Å². The Morgan fingerprint density at radius 1 is 1.21 bits per heavy atom. The van der Waals surface area contributed by atoms with Crippen LogP contribution in [0.25, 0.3) is 0 Å². The first kappa shape index (κ1) is 29.7. The minimum atomic E-state index is -5.04. The highest BCUT2D eigenvalue weighted by molar-refractivity contribution is 7.46. The van der Waals surface area contributed by atoms with E-state index in [1.165, 1.54) is 0 Å². The molecular weight excluding hydrogens is 539 g/mol. The van der Waals surface area contributed by atoms with Crippen LogP contribution in [0.3, 0.4) is 0 Å². The van der Waals surface area contributed by atoms with Crippen LogP contribution in [0.1, 0.15) is 61.4 Å². The molecule has 1 fully saturated rings. The van der Waals surface area contributed by atoms with Crippen molar-refractivity contribution in [1.29, 1.82) is 0 Å². The van der Waals surface area contributed by atoms with Gasteiger partial charge in [-0.3, -0.25) is 14.6 Å². The number of ether oxygens (including phenoxy) is 1. The standard InChI is InChI=1S/C25H32ClN2O9P/c1-17-9-5-2-3-8-12-35-25(31)23-19(24(26)21(15-20(23)29)37-38(32,33)34)14-18(13-17)27-36-16-22(30)28-10-6-4-7-11-28/h2-3,13,15,29H,4-12,14,16H2,1H3,(H2,32,33,34). The van der Waals surface area contributed by atoms with Gasteiger partial charge in [0, 0.05) is 25.6 Å². The Bertz CT molecular complexity index is 1170. The van der Waals surface area contributed by atoms with Gasteiger partial charge < -0.3 is 24.1 Å². The largest absolute Gasteiger partial charge is 0.524 e. The molecule has 13 heteroatoms. The summed E-state index contributed by atoms with van der Waals surface area (Å²) in [5.41, 5.74) is 0.862. The number of esters is 1. The molecule has 0 spiro atoms. The fourth-order valence-electron chi connectivity index (χ4n) is 4.15. The topological polar surface area (TPSA) is 155 Å². The maximum atomic E-state index is 12.9. The molecule has 0 unspecified atom stereocenters. The summed E-state index contributed by atoms with van der Waals surface area (Å²) >= 11 is 6.43. The molecule has 11 nitrogen and oxygen atoms in total. The Morgan fingerprint density at radius 2 is 1.92 bits per heavy atom. The summed E-state index contributed by atoms with van der Waals surface area (Å²) in [4.78, 5) is 51.1. The Labute approximate surface area is 225 Å². The number of hydrogen-bond donors (Lipinski definition) is 3. The van der Waals surface area contributed by atoms with Crippen LogP contribution < -0.4 is 4.52 Å². The number of allylic oxidation sites excluding steroid dienone is 3. The second kappa shape index (κ2) is 13.8. The van der Waals surface area contributed by atoms with Crippen molar-refractivity contribution < 1.29 is 43.1 Å². The number of benzene rings is 1. The van der Waals surface area contributed by atoms with Gasteiger partial charge in [0.2, 0.25) is 0 Å². The van der Waals surface area contributed by atoms with E-state index in [2.05, 4.69) is 9.68 Å². The number of phenols is 1. The Hall–Kier alpha value is -2.85. The van der Waals surface area contributed by atoms with E-state index in [4.69, 9.17) is 21.2 Å². The molecule has 1 amide bonds. The fraction of sp³-hybridized carbons (Fsp3) is 0.480. The number of cyclic esters (lactones) is 1. The molecule has 0 saturated carbocycles. The van der Waals surface area contributed by atoms with Crippen LogP contribution in [-0.2, 0) is 25.4 Å². The lowest BCUT2D eigenvalue weighted by Crippen LogP contribution is -2.37. The lowest BCUT2D eigenvalue weighted by molar-refractivity contribution is -0.137. The number of phenolic OH excluding ortho intramolecular Hbond substituents is 1. The number of nitrogens with zero attached hydrogens (tertiary/aromatic N) is 2. The van der Waals surface area contributed by atoms with Crippen LogP contribution in [0.2, 0.25) is 5.02 Å². The summed E-state index contributed by atoms with van der Waals surface area (Å²) in [6.07, 6.45) is 10.2. The summed E-state index contributed by atoms with van der Waals surface area (Å²) < 4.78 is 21.4. The average Bonchev–Trinajstić information content (AvgIpc) is 2.85. The van der Waals surface area contributed by atoms with E-state index in [0.717, 1.165) is 37.3 Å². The number of piperidine rings is 1. The number of rotatable bonds is 5. The van der Waals surface area contributed by atoms with Crippen molar-refractivity contribution in [3.63, 3.8) is 0 Å². The number of aromatic hydroxyl groups is 1. The van der Waals surface area contributed by atoms with Gasteiger partial charge >= 0.3 is 13.8 Å². The van der Waals surface area contributed by atoms with Gasteiger partial charge in [0.05, 0.1) is 17.3 Å². The van der Waals surface area contributed by atoms with Crippen molar-refractivity contribution in [2.24, 2.45) is 5.16 Å². The van der Waals surface area contributed by atoms with Crippen LogP contribution in [0.15, 0.2) is 35.0 Å². The molecule has 2 aliphatic rings. The molecule has 1 saturated heterocycles. The Morgan fingerprint density at radius 3 is 2.63 bits per heavy atom. The van der Waals surface area contributed by atoms with Gasteiger partial charge in [0.25, 0.3) is 5.91 Å². The van der Waals surface area contributed by atoms with Crippen LogP contribution in [0.4, 0.5) is 0 Å². The fourth-order valence-corrected chi connectivity index (χ4v) is 4.86. The van der Waals surface area contributed by atoms with Gasteiger partial charge in [-0.1, -0.05) is 34.5 Å². The molecule has 0 aromatic heterocycles. The normalized spacial score (nSPS) is 18.7. The molecule has 0 atom stereocenters. The summed E-state index contributed by atoms with van der Waals surface area (Å²) in [7, 11) is -5.04. The third kappa shape index (κ3) is 8.87. The van der Waals surface area contributed by atoms with Crippen molar-refractivity contribution in [3.05, 3.63) is 46.0 Å². The van der Waals surface area contributed by atoms with E-state index in [0.29, 0.717) is 25.9 Å². The third-order valence-corrected chi connectivity index (χ3v) is 6.82. The van der Waals surface area contributed by atoms with Crippen molar-refractivity contribution >= 4 is 37.0 Å². The van der Waals surface area contributed by atoms with Gasteiger partial charge in [0.1, 0.15) is 11.3 Å². The molecule has 0 bridgehead atoms. The Kier molecular flexibility index (Phi) is 10.8. The van der Waals surface area contributed by atoms with E-state index in [1.807, 2.05) is 19.1 Å². The summed E-state index contributed by atoms with van der Waals surface area (Å²) in [6, 6.07) is 0.843. The zero-order valence-electron chi connectivity index (χ0n) is 21.1. The van der Waals surface area contributed by atoms with Crippen LogP contribution >= 0.6 is 19.4 Å². The molecule has 208 valence electrons. The first-order valence-corrected chi connectivity index (χ1v) is 14.2. The zero-order chi connectivity index (χ0) is 27.7. The van der Waals surface area contributed by atoms with Crippen molar-refractivity contribution in [2.45, 2.75) is 51.9 Å². The molecule has 0 radical (unpaired) electrons. The van der Waals surface area contributed by atoms with Crippen molar-refractivity contribution in [1.82, 2.24) is 4.90 Å². The number of halogens is 1. The SMILES string of the molecule is CC1=CC(=NOCC(=O)N2CCCCC2)Cc2c(Cl)c(OP(=O)(O)O)cc(O)c2C(=O)OCCC=CCC1. The van der Waals surface area contributed by atoms with Gasteiger partial charge in [-0.15, -0.1) is 0 Å². The lowest BCUT2D eigenvalue weighted by atomic mass is 9.98. The van der Waals surface area contributed by atoms with Gasteiger partial charge in [-0.25, -0.2) is 9.36 Å². The second-order valence-electron chi connectivity index (χ2n) is 9.04. The van der Waals surface area contributed by atoms with Crippen molar-refractivity contribution in [2.75, 3.05) is 26.3 Å². The predicted octanol–water partition coefficient (Wildman–Crippen LogP) is 4.29. The highest BCUT2D eigenvalue weighted by Gasteiger charge is 2.28. The van der Waals surface area contributed by atoms with Crippen LogP contribution in [-0.4, -0.2) is 63.7 Å². The minimum Gasteiger partial charge on any atom is -0.507 e. The third-order valence-electron chi connectivity index (χ3n) is 5.97. The number of likely N-dealkylation sites (tertiary alicyclic amines) is 1. The van der Waals surface area contributed by atoms with Crippen LogP contribution in [0, 0.1) is 0 Å². The Balaban J connectivity index is 2.00. The second-order valence-corrected chi connectivity index (χ2v) is 10.6. The molecule has 1 aromatic carbocycles. The molecular formula is C25H32ClN2O9P. The molecule has 3 rings (SSSR count). The van der Waals surface area contributed by atoms with Gasteiger partial charge in [-0.2, -0.15) is 0 Å². The molecule has 38 heavy (non-hydrogen) atoms. The maximum absolute atomic E-state index is 12.9. The first-order chi connectivity index (χ1) is 18.0. The number of fused-ring (bicyclic) bond motifs is 1. The molecule has 1 aromatic rings. The number of oxime groups is 1. The predicted molar refractivity (Wildman–Crippen MR) is 140 cm³/mol. The highest BCUT2D eigenvalue weighted by atomic mass is 35.5. The van der Waals surface area contributed by atoms with E-state index < -0.39 is 25.3 Å². The van der Waals surface area contributed by atoms with E-state index in [-0.39, 0.29) is 47.4 Å². The summed E-state index contributed by atoms with van der Waals surface area (Å²) in [5.74, 6) is -2.23. The van der Waals surface area contributed by atoms with E-state index in [9.17, 15) is 29.0 Å². The van der Waals surface area contributed by atoms with Gasteiger partial charge in [-0.05, 0) is 57.1 Å². The quantitative estimate of drug-likeness (QED) is 0.203. The minimum absolute atomic E-state index is 0.0264. The van der Waals surface area contributed by atoms with Gasteiger partial charge in [0.15, 0.2) is 12.4 Å². The first-order valence-electron chi connectivity index (χ1n) is 12.3. The highest BCUT2D eigenvalue weighted by Crippen LogP contribution is 2.45. The number of hydrogen-bond acceptors (Lipinski definition) is 8. The molecule has 2 heterocycles. The number of carbonyl (C=O) groups is 2. The number of amides is 1. The summed E-state index contributed by atoms with van der Waals surface area (Å²) in [5, 5.41) is 14.4. The number of phosphoric acid groups is 1. The lowest BCUT2D eigenvalue weighted by Gasteiger charge is -2.26. The zero-order valence-corrected chi connectivity index (χ0v) is 22.7. The maximum Gasteiger partial charge on any atom is 0.524 e. The van der Waals surface area contributed by atoms with E-state index in [1.54, 1.807) is 11.0 Å². The van der Waals surface area contributed by atoms with E-state index >= 15 is 0 Å². The number of carbonyl (C=O) groups excluding carboxylic acids is 2. The molecule has 3 N–H and O–H groups in total.